The third-order valence-electron chi connectivity index (χ3n) is 3.80. The quantitative estimate of drug-likeness (QED) is 0.939. The van der Waals surface area contributed by atoms with E-state index in [0.29, 0.717) is 24.6 Å². The number of carboxylic acids is 1. The molecule has 1 fully saturated rings. The fourth-order valence-corrected chi connectivity index (χ4v) is 2.65. The van der Waals surface area contributed by atoms with Gasteiger partial charge in [-0.15, -0.1) is 0 Å². The first-order valence-electron chi connectivity index (χ1n) is 7.11. The third kappa shape index (κ3) is 2.59. The van der Waals surface area contributed by atoms with Crippen LogP contribution >= 0.6 is 0 Å². The van der Waals surface area contributed by atoms with E-state index in [1.807, 2.05) is 30.3 Å². The van der Waals surface area contributed by atoms with Gasteiger partial charge in [-0.3, -0.25) is 9.59 Å². The van der Waals surface area contributed by atoms with Crippen LogP contribution in [0.1, 0.15) is 22.8 Å². The Balaban J connectivity index is 1.89. The second-order valence-corrected chi connectivity index (χ2v) is 5.35. The highest BCUT2D eigenvalue weighted by molar-refractivity contribution is 5.98. The lowest BCUT2D eigenvalue weighted by molar-refractivity contribution is -0.141. The fourth-order valence-electron chi connectivity index (χ4n) is 2.65. The van der Waals surface area contributed by atoms with E-state index in [2.05, 4.69) is 4.98 Å². The summed E-state index contributed by atoms with van der Waals surface area (Å²) in [6.07, 6.45) is 0.471. The second kappa shape index (κ2) is 5.63. The molecule has 0 spiro atoms. The number of aryl methyl sites for hydroxylation is 1. The van der Waals surface area contributed by atoms with Crippen molar-refractivity contribution in [3.05, 3.63) is 41.9 Å². The molecule has 22 heavy (non-hydrogen) atoms. The summed E-state index contributed by atoms with van der Waals surface area (Å²) in [7, 11) is 0. The van der Waals surface area contributed by atoms with Gasteiger partial charge >= 0.3 is 5.97 Å². The number of hydrogen-bond donors (Lipinski definition) is 1. The zero-order valence-electron chi connectivity index (χ0n) is 12.2. The molecule has 0 saturated carbocycles. The van der Waals surface area contributed by atoms with E-state index in [9.17, 15) is 9.59 Å². The van der Waals surface area contributed by atoms with Gasteiger partial charge in [0, 0.05) is 25.6 Å². The van der Waals surface area contributed by atoms with Crippen molar-refractivity contribution >= 4 is 11.9 Å². The summed E-state index contributed by atoms with van der Waals surface area (Å²) in [6.45, 7) is 2.33. The van der Waals surface area contributed by atoms with Gasteiger partial charge in [0.25, 0.3) is 5.91 Å². The van der Waals surface area contributed by atoms with Crippen molar-refractivity contribution in [1.29, 1.82) is 0 Å². The van der Waals surface area contributed by atoms with Crippen molar-refractivity contribution in [3.8, 4) is 11.3 Å². The zero-order valence-corrected chi connectivity index (χ0v) is 12.2. The lowest BCUT2D eigenvalue weighted by Gasteiger charge is -2.14. The molecule has 2 aromatic rings. The maximum Gasteiger partial charge on any atom is 0.308 e. The minimum Gasteiger partial charge on any atom is -0.481 e. The van der Waals surface area contributed by atoms with Crippen molar-refractivity contribution in [2.45, 2.75) is 13.3 Å². The lowest BCUT2D eigenvalue weighted by Crippen LogP contribution is -2.30. The Labute approximate surface area is 127 Å². The first-order valence-corrected chi connectivity index (χ1v) is 7.11. The van der Waals surface area contributed by atoms with Crippen LogP contribution in [0.3, 0.4) is 0 Å². The molecule has 1 atom stereocenters. The SMILES string of the molecule is Cc1nc(C(=O)N2CCC(C(=O)O)C2)c(-c2ccccc2)o1. The molecule has 6 nitrogen and oxygen atoms in total. The van der Waals surface area contributed by atoms with Crippen LogP contribution in [0.5, 0.6) is 0 Å². The molecular formula is C16H16N2O4. The van der Waals surface area contributed by atoms with Crippen molar-refractivity contribution in [2.75, 3.05) is 13.1 Å². The number of benzene rings is 1. The number of rotatable bonds is 3. The number of aromatic nitrogens is 1. The zero-order chi connectivity index (χ0) is 15.7. The highest BCUT2D eigenvalue weighted by Crippen LogP contribution is 2.27. The van der Waals surface area contributed by atoms with E-state index >= 15 is 0 Å². The Morgan fingerprint density at radius 3 is 2.68 bits per heavy atom. The molecule has 1 amide bonds. The van der Waals surface area contributed by atoms with E-state index in [1.165, 1.54) is 4.90 Å². The van der Waals surface area contributed by atoms with E-state index in [1.54, 1.807) is 6.92 Å². The predicted molar refractivity (Wildman–Crippen MR) is 78.3 cm³/mol. The van der Waals surface area contributed by atoms with E-state index in [-0.39, 0.29) is 18.1 Å². The van der Waals surface area contributed by atoms with Crippen LogP contribution in [-0.2, 0) is 4.79 Å². The minimum atomic E-state index is -0.866. The molecule has 114 valence electrons. The summed E-state index contributed by atoms with van der Waals surface area (Å²) in [5, 5.41) is 9.05. The largest absolute Gasteiger partial charge is 0.481 e. The third-order valence-corrected chi connectivity index (χ3v) is 3.80. The first kappa shape index (κ1) is 14.3. The molecule has 2 heterocycles. The molecule has 0 radical (unpaired) electrons. The van der Waals surface area contributed by atoms with Gasteiger partial charge < -0.3 is 14.4 Å². The average Bonchev–Trinajstić information content (AvgIpc) is 3.14. The highest BCUT2D eigenvalue weighted by Gasteiger charge is 2.33. The number of oxazole rings is 1. The standard InChI is InChI=1S/C16H16N2O4/c1-10-17-13(14(22-10)11-5-3-2-4-6-11)15(19)18-8-7-12(9-18)16(20)21/h2-6,12H,7-9H2,1H3,(H,20,21). The summed E-state index contributed by atoms with van der Waals surface area (Å²) in [5.41, 5.74) is 1.02. The Bertz CT molecular complexity index is 708. The smallest absolute Gasteiger partial charge is 0.308 e. The van der Waals surface area contributed by atoms with Crippen molar-refractivity contribution in [1.82, 2.24) is 9.88 Å². The van der Waals surface area contributed by atoms with Crippen LogP contribution in [0.2, 0.25) is 0 Å². The van der Waals surface area contributed by atoms with Gasteiger partial charge in [0.05, 0.1) is 5.92 Å². The van der Waals surface area contributed by atoms with Gasteiger partial charge in [-0.1, -0.05) is 30.3 Å². The Kier molecular flexibility index (Phi) is 3.66. The average molecular weight is 300 g/mol. The number of amides is 1. The number of likely N-dealkylation sites (tertiary alicyclic amines) is 1. The van der Waals surface area contributed by atoms with E-state index in [0.717, 1.165) is 5.56 Å². The van der Waals surface area contributed by atoms with Gasteiger partial charge in [-0.25, -0.2) is 4.98 Å². The molecule has 1 unspecified atom stereocenters. The van der Waals surface area contributed by atoms with Gasteiger partial charge in [-0.05, 0) is 6.42 Å². The maximum atomic E-state index is 12.6. The molecule has 1 aliphatic rings. The highest BCUT2D eigenvalue weighted by atomic mass is 16.4. The molecule has 1 aromatic heterocycles. The van der Waals surface area contributed by atoms with Crippen LogP contribution in [0.25, 0.3) is 11.3 Å². The van der Waals surface area contributed by atoms with Gasteiger partial charge in [0.2, 0.25) is 0 Å². The Morgan fingerprint density at radius 2 is 2.05 bits per heavy atom. The van der Waals surface area contributed by atoms with Gasteiger partial charge in [0.15, 0.2) is 17.3 Å². The number of carbonyl (C=O) groups excluding carboxylic acids is 1. The molecule has 1 N–H and O–H groups in total. The van der Waals surface area contributed by atoms with E-state index < -0.39 is 11.9 Å². The molecule has 1 saturated heterocycles. The van der Waals surface area contributed by atoms with Crippen molar-refractivity contribution in [3.63, 3.8) is 0 Å². The number of carbonyl (C=O) groups is 2. The summed E-state index contributed by atoms with van der Waals surface area (Å²) >= 11 is 0. The second-order valence-electron chi connectivity index (χ2n) is 5.35. The number of carboxylic acid groups (broad SMARTS) is 1. The van der Waals surface area contributed by atoms with Gasteiger partial charge in [-0.2, -0.15) is 0 Å². The molecule has 3 rings (SSSR count). The van der Waals surface area contributed by atoms with Crippen molar-refractivity contribution < 1.29 is 19.1 Å². The normalized spacial score (nSPS) is 17.7. The molecule has 1 aliphatic heterocycles. The first-order chi connectivity index (χ1) is 10.6. The van der Waals surface area contributed by atoms with Crippen LogP contribution in [0, 0.1) is 12.8 Å². The summed E-state index contributed by atoms with van der Waals surface area (Å²) in [6, 6.07) is 9.29. The lowest BCUT2D eigenvalue weighted by atomic mass is 10.1. The number of hydrogen-bond acceptors (Lipinski definition) is 4. The van der Waals surface area contributed by atoms with Crippen molar-refractivity contribution in [2.24, 2.45) is 5.92 Å². The summed E-state index contributed by atoms with van der Waals surface area (Å²) in [5.74, 6) is -0.801. The number of aliphatic carboxylic acids is 1. The monoisotopic (exact) mass is 300 g/mol. The molecule has 1 aromatic carbocycles. The van der Waals surface area contributed by atoms with Gasteiger partial charge in [0.1, 0.15) is 0 Å². The summed E-state index contributed by atoms with van der Waals surface area (Å²) < 4.78 is 5.58. The minimum absolute atomic E-state index is 0.217. The topological polar surface area (TPSA) is 83.6 Å². The molecule has 0 bridgehead atoms. The number of nitrogens with zero attached hydrogens (tertiary/aromatic N) is 2. The molecule has 0 aliphatic carbocycles. The van der Waals surface area contributed by atoms with Crippen LogP contribution in [-0.4, -0.2) is 40.0 Å². The predicted octanol–water partition coefficient (Wildman–Crippen LogP) is 2.20. The summed E-state index contributed by atoms with van der Waals surface area (Å²) in [4.78, 5) is 29.4. The Morgan fingerprint density at radius 1 is 1.32 bits per heavy atom. The van der Waals surface area contributed by atoms with Crippen LogP contribution in [0.15, 0.2) is 34.7 Å². The molecular weight excluding hydrogens is 284 g/mol. The maximum absolute atomic E-state index is 12.6. The van der Waals surface area contributed by atoms with Crippen LogP contribution < -0.4 is 0 Å². The van der Waals surface area contributed by atoms with Crippen LogP contribution in [0.4, 0.5) is 0 Å². The Hall–Kier alpha value is -2.63. The molecule has 6 heteroatoms. The van der Waals surface area contributed by atoms with E-state index in [4.69, 9.17) is 9.52 Å². The fraction of sp³-hybridized carbons (Fsp3) is 0.312.